The van der Waals surface area contributed by atoms with Crippen LogP contribution in [0.5, 0.6) is 0 Å². The Morgan fingerprint density at radius 3 is 2.83 bits per heavy atom. The predicted octanol–water partition coefficient (Wildman–Crippen LogP) is 1.07. The number of rotatable bonds is 2. The van der Waals surface area contributed by atoms with Gasteiger partial charge in [0, 0.05) is 17.6 Å². The molecule has 0 radical (unpaired) electrons. The van der Waals surface area contributed by atoms with Gasteiger partial charge in [-0.05, 0) is 25.1 Å². The molecule has 1 aliphatic heterocycles. The molecule has 96 valence electrons. The van der Waals surface area contributed by atoms with E-state index in [1.165, 1.54) is 18.0 Å². The monoisotopic (exact) mass is 269 g/mol. The second kappa shape index (κ2) is 4.26. The number of nitrogens with zero attached hydrogens (tertiary/aromatic N) is 1. The number of hydrogen-bond donors (Lipinski definition) is 1. The Morgan fingerprint density at radius 2 is 2.22 bits per heavy atom. The lowest BCUT2D eigenvalue weighted by molar-refractivity contribution is -0.170. The molecule has 0 aliphatic carbocycles. The van der Waals surface area contributed by atoms with Crippen molar-refractivity contribution < 1.29 is 19.4 Å². The van der Waals surface area contributed by atoms with Crippen LogP contribution in [0.2, 0.25) is 5.02 Å². The van der Waals surface area contributed by atoms with E-state index in [0.717, 1.165) is 0 Å². The van der Waals surface area contributed by atoms with Crippen LogP contribution in [-0.4, -0.2) is 30.6 Å². The molecule has 6 heteroatoms. The molecule has 5 nitrogen and oxygen atoms in total. The summed E-state index contributed by atoms with van der Waals surface area (Å²) < 4.78 is 4.76. The fourth-order valence-corrected chi connectivity index (χ4v) is 2.16. The van der Waals surface area contributed by atoms with Gasteiger partial charge < -0.3 is 14.7 Å². The molecule has 18 heavy (non-hydrogen) atoms. The Kier molecular flexibility index (Phi) is 3.04. The highest BCUT2D eigenvalue weighted by atomic mass is 35.5. The van der Waals surface area contributed by atoms with Crippen LogP contribution in [-0.2, 0) is 19.9 Å². The smallest absolute Gasteiger partial charge is 0.353 e. The maximum absolute atomic E-state index is 12.0. The highest BCUT2D eigenvalue weighted by Gasteiger charge is 2.55. The number of benzene rings is 1. The Morgan fingerprint density at radius 1 is 1.56 bits per heavy atom. The number of likely N-dealkylation sites (N-methyl/N-ethyl adjacent to an activating group) is 1. The zero-order valence-corrected chi connectivity index (χ0v) is 10.7. The van der Waals surface area contributed by atoms with Crippen molar-refractivity contribution in [2.45, 2.75) is 12.5 Å². The van der Waals surface area contributed by atoms with Gasteiger partial charge in [0.05, 0.1) is 12.3 Å². The maximum Gasteiger partial charge on any atom is 0.353 e. The molecular weight excluding hydrogens is 258 g/mol. The summed E-state index contributed by atoms with van der Waals surface area (Å²) in [7, 11) is 1.48. The quantitative estimate of drug-likeness (QED) is 0.644. The van der Waals surface area contributed by atoms with Crippen LogP contribution in [0.15, 0.2) is 18.2 Å². The summed E-state index contributed by atoms with van der Waals surface area (Å²) >= 11 is 5.83. The van der Waals surface area contributed by atoms with Gasteiger partial charge in [0.15, 0.2) is 0 Å². The van der Waals surface area contributed by atoms with E-state index in [-0.39, 0.29) is 12.2 Å². The second-order valence-corrected chi connectivity index (χ2v) is 4.39. The summed E-state index contributed by atoms with van der Waals surface area (Å²) in [5, 5.41) is 10.7. The van der Waals surface area contributed by atoms with Crippen LogP contribution in [0.3, 0.4) is 0 Å². The minimum Gasteiger partial charge on any atom is -0.463 e. The van der Waals surface area contributed by atoms with E-state index in [0.29, 0.717) is 10.7 Å². The lowest BCUT2D eigenvalue weighted by Crippen LogP contribution is -2.46. The Hall–Kier alpha value is -1.59. The van der Waals surface area contributed by atoms with Crippen molar-refractivity contribution in [3.63, 3.8) is 0 Å². The topological polar surface area (TPSA) is 66.8 Å². The van der Waals surface area contributed by atoms with Crippen LogP contribution in [0, 0.1) is 0 Å². The fourth-order valence-electron chi connectivity index (χ4n) is 1.99. The molecule has 0 spiro atoms. The van der Waals surface area contributed by atoms with E-state index in [1.54, 1.807) is 19.1 Å². The van der Waals surface area contributed by atoms with Crippen molar-refractivity contribution in [3.8, 4) is 0 Å². The molecule has 1 atom stereocenters. The van der Waals surface area contributed by atoms with Gasteiger partial charge in [0.1, 0.15) is 0 Å². The molecule has 0 fully saturated rings. The lowest BCUT2D eigenvalue weighted by atomic mass is 9.95. The second-order valence-electron chi connectivity index (χ2n) is 3.96. The molecule has 0 saturated heterocycles. The average Bonchev–Trinajstić information content (AvgIpc) is 2.53. The number of halogens is 1. The van der Waals surface area contributed by atoms with Gasteiger partial charge in [-0.25, -0.2) is 4.79 Å². The van der Waals surface area contributed by atoms with E-state index < -0.39 is 17.5 Å². The standard InChI is InChI=1S/C12H12ClNO4/c1-3-18-11(16)12(17)8-6-7(13)4-5-9(8)14(2)10(12)15/h4-6,17H,3H2,1-2H3. The number of hydrogen-bond acceptors (Lipinski definition) is 4. The number of carbonyl (C=O) groups excluding carboxylic acids is 2. The third-order valence-electron chi connectivity index (χ3n) is 2.89. The summed E-state index contributed by atoms with van der Waals surface area (Å²) in [5.41, 5.74) is -1.70. The minimum atomic E-state index is -2.30. The lowest BCUT2D eigenvalue weighted by Gasteiger charge is -2.19. The molecule has 1 heterocycles. The third-order valence-corrected chi connectivity index (χ3v) is 3.13. The van der Waals surface area contributed by atoms with E-state index in [1.807, 2.05) is 0 Å². The zero-order chi connectivity index (χ0) is 13.5. The van der Waals surface area contributed by atoms with Crippen molar-refractivity contribution >= 4 is 29.2 Å². The van der Waals surface area contributed by atoms with E-state index in [2.05, 4.69) is 0 Å². The summed E-state index contributed by atoms with van der Waals surface area (Å²) in [6.45, 7) is 1.68. The van der Waals surface area contributed by atoms with Gasteiger partial charge in [-0.3, -0.25) is 4.79 Å². The van der Waals surface area contributed by atoms with Crippen molar-refractivity contribution in [2.75, 3.05) is 18.6 Å². The molecule has 1 unspecified atom stereocenters. The van der Waals surface area contributed by atoms with Crippen molar-refractivity contribution in [2.24, 2.45) is 0 Å². The highest BCUT2D eigenvalue weighted by molar-refractivity contribution is 6.31. The van der Waals surface area contributed by atoms with Gasteiger partial charge in [0.2, 0.25) is 0 Å². The maximum atomic E-state index is 12.0. The number of fused-ring (bicyclic) bond motifs is 1. The number of anilines is 1. The molecule has 1 amide bonds. The molecule has 0 aromatic heterocycles. The Labute approximate surface area is 109 Å². The first kappa shape index (κ1) is 12.9. The number of ether oxygens (including phenoxy) is 1. The number of amides is 1. The molecule has 2 rings (SSSR count). The molecular formula is C12H12ClNO4. The summed E-state index contributed by atoms with van der Waals surface area (Å²) in [6.07, 6.45) is 0. The fraction of sp³-hybridized carbons (Fsp3) is 0.333. The average molecular weight is 270 g/mol. The molecule has 1 N–H and O–H groups in total. The van der Waals surface area contributed by atoms with Gasteiger partial charge in [-0.1, -0.05) is 11.6 Å². The van der Waals surface area contributed by atoms with E-state index in [4.69, 9.17) is 16.3 Å². The molecule has 1 aromatic carbocycles. The van der Waals surface area contributed by atoms with Crippen LogP contribution in [0.25, 0.3) is 0 Å². The Balaban J connectivity index is 2.60. The highest BCUT2D eigenvalue weighted by Crippen LogP contribution is 2.41. The first-order chi connectivity index (χ1) is 8.42. The summed E-state index contributed by atoms with van der Waals surface area (Å²) in [5.74, 6) is -1.72. The SMILES string of the molecule is CCOC(=O)C1(O)C(=O)N(C)c2ccc(Cl)cc21. The van der Waals surface area contributed by atoms with Crippen LogP contribution in [0.1, 0.15) is 12.5 Å². The number of esters is 1. The summed E-state index contributed by atoms with van der Waals surface area (Å²) in [4.78, 5) is 25.1. The first-order valence-electron chi connectivity index (χ1n) is 5.40. The largest absolute Gasteiger partial charge is 0.463 e. The number of aliphatic hydroxyl groups is 1. The van der Waals surface area contributed by atoms with Gasteiger partial charge in [0.25, 0.3) is 11.5 Å². The zero-order valence-electron chi connectivity index (χ0n) is 9.94. The van der Waals surface area contributed by atoms with Crippen molar-refractivity contribution in [3.05, 3.63) is 28.8 Å². The van der Waals surface area contributed by atoms with E-state index in [9.17, 15) is 14.7 Å². The van der Waals surface area contributed by atoms with Gasteiger partial charge in [-0.15, -0.1) is 0 Å². The Bertz CT molecular complexity index is 531. The van der Waals surface area contributed by atoms with Crippen molar-refractivity contribution in [1.82, 2.24) is 0 Å². The minimum absolute atomic E-state index is 0.0774. The predicted molar refractivity (Wildman–Crippen MR) is 65.4 cm³/mol. The van der Waals surface area contributed by atoms with Crippen LogP contribution in [0.4, 0.5) is 5.69 Å². The van der Waals surface area contributed by atoms with E-state index >= 15 is 0 Å². The van der Waals surface area contributed by atoms with Crippen molar-refractivity contribution in [1.29, 1.82) is 0 Å². The van der Waals surface area contributed by atoms with Crippen LogP contribution < -0.4 is 4.90 Å². The van der Waals surface area contributed by atoms with Gasteiger partial charge in [-0.2, -0.15) is 0 Å². The molecule has 0 bridgehead atoms. The number of carbonyl (C=O) groups is 2. The molecule has 0 saturated carbocycles. The third kappa shape index (κ3) is 1.59. The first-order valence-corrected chi connectivity index (χ1v) is 5.78. The molecule has 1 aromatic rings. The van der Waals surface area contributed by atoms with Gasteiger partial charge >= 0.3 is 5.97 Å². The summed E-state index contributed by atoms with van der Waals surface area (Å²) in [6, 6.07) is 4.56. The normalized spacial score (nSPS) is 22.0. The van der Waals surface area contributed by atoms with Crippen LogP contribution >= 0.6 is 11.6 Å². The molecule has 1 aliphatic rings.